The zero-order valence-electron chi connectivity index (χ0n) is 25.3. The van der Waals surface area contributed by atoms with Gasteiger partial charge < -0.3 is 15.1 Å². The van der Waals surface area contributed by atoms with Crippen LogP contribution in [-0.2, 0) is 17.9 Å². The Labute approximate surface area is 254 Å². The number of hydrogen-bond acceptors (Lipinski definition) is 6. The number of benzene rings is 1. The van der Waals surface area contributed by atoms with Gasteiger partial charge in [-0.1, -0.05) is 31.2 Å². The van der Waals surface area contributed by atoms with Crippen LogP contribution in [0.25, 0.3) is 0 Å². The fourth-order valence-electron chi connectivity index (χ4n) is 6.18. The van der Waals surface area contributed by atoms with Crippen molar-refractivity contribution in [3.63, 3.8) is 0 Å². The molecule has 10 nitrogen and oxygen atoms in total. The first-order valence-corrected chi connectivity index (χ1v) is 15.6. The van der Waals surface area contributed by atoms with E-state index in [1.165, 1.54) is 0 Å². The van der Waals surface area contributed by atoms with Crippen molar-refractivity contribution in [2.45, 2.75) is 71.1 Å². The topological polar surface area (TPSA) is 104 Å². The summed E-state index contributed by atoms with van der Waals surface area (Å²) in [6.07, 6.45) is 7.44. The maximum Gasteiger partial charge on any atom is 0.258 e. The van der Waals surface area contributed by atoms with E-state index < -0.39 is 6.04 Å². The van der Waals surface area contributed by atoms with E-state index in [0.717, 1.165) is 57.6 Å². The molecule has 3 aromatic rings. The number of nitrogens with zero attached hydrogens (tertiary/aromatic N) is 6. The van der Waals surface area contributed by atoms with Crippen LogP contribution in [0.5, 0.6) is 0 Å². The van der Waals surface area contributed by atoms with Crippen molar-refractivity contribution in [1.82, 2.24) is 34.8 Å². The molecule has 2 aliphatic rings. The monoisotopic (exact) mass is 585 g/mol. The maximum atomic E-state index is 14.0. The van der Waals surface area contributed by atoms with Gasteiger partial charge in [0.2, 0.25) is 5.91 Å². The number of hydrogen-bond donors (Lipinski definition) is 1. The average Bonchev–Trinajstić information content (AvgIpc) is 3.62. The number of nitrogens with one attached hydrogen (secondary N) is 1. The average molecular weight is 586 g/mol. The van der Waals surface area contributed by atoms with Crippen molar-refractivity contribution < 1.29 is 14.4 Å². The van der Waals surface area contributed by atoms with Gasteiger partial charge in [-0.3, -0.25) is 28.9 Å². The lowest BCUT2D eigenvalue weighted by atomic mass is 10.1. The van der Waals surface area contributed by atoms with Crippen LogP contribution in [-0.4, -0.2) is 92.0 Å². The molecule has 5 rings (SSSR count). The molecule has 10 heteroatoms. The van der Waals surface area contributed by atoms with Crippen LogP contribution in [0.1, 0.15) is 71.1 Å². The number of carbonyl (C=O) groups excluding carboxylic acids is 3. The Morgan fingerprint density at radius 3 is 2.51 bits per heavy atom. The highest BCUT2D eigenvalue weighted by molar-refractivity contribution is 5.99. The largest absolute Gasteiger partial charge is 0.354 e. The van der Waals surface area contributed by atoms with Gasteiger partial charge in [0.05, 0.1) is 23.0 Å². The van der Waals surface area contributed by atoms with E-state index in [1.54, 1.807) is 15.8 Å². The summed E-state index contributed by atoms with van der Waals surface area (Å²) in [6.45, 7) is 8.41. The molecule has 0 saturated carbocycles. The van der Waals surface area contributed by atoms with Crippen molar-refractivity contribution in [2.24, 2.45) is 0 Å². The van der Waals surface area contributed by atoms with Crippen LogP contribution in [0.3, 0.4) is 0 Å². The van der Waals surface area contributed by atoms with Gasteiger partial charge in [-0.05, 0) is 69.8 Å². The van der Waals surface area contributed by atoms with Gasteiger partial charge in [0.1, 0.15) is 6.04 Å². The zero-order valence-corrected chi connectivity index (χ0v) is 25.3. The number of amides is 3. The van der Waals surface area contributed by atoms with E-state index in [4.69, 9.17) is 0 Å². The Morgan fingerprint density at radius 1 is 0.953 bits per heavy atom. The van der Waals surface area contributed by atoms with Crippen LogP contribution in [0.15, 0.2) is 60.9 Å². The van der Waals surface area contributed by atoms with Gasteiger partial charge in [-0.25, -0.2) is 0 Å². The highest BCUT2D eigenvalue weighted by Gasteiger charge is 2.43. The summed E-state index contributed by atoms with van der Waals surface area (Å²) >= 11 is 0. The Bertz CT molecular complexity index is 1380. The molecule has 3 amide bonds. The first-order chi connectivity index (χ1) is 20.9. The lowest BCUT2D eigenvalue weighted by molar-refractivity contribution is -0.124. The van der Waals surface area contributed by atoms with Gasteiger partial charge in [0, 0.05) is 57.2 Å². The minimum atomic E-state index is -0.652. The van der Waals surface area contributed by atoms with E-state index in [1.807, 2.05) is 66.6 Å². The van der Waals surface area contributed by atoms with Crippen LogP contribution in [0.4, 0.5) is 0 Å². The van der Waals surface area contributed by atoms with Gasteiger partial charge in [0.15, 0.2) is 0 Å². The van der Waals surface area contributed by atoms with Gasteiger partial charge in [-0.15, -0.1) is 0 Å². The first kappa shape index (κ1) is 30.4. The smallest absolute Gasteiger partial charge is 0.258 e. The second-order valence-corrected chi connectivity index (χ2v) is 11.6. The van der Waals surface area contributed by atoms with Crippen molar-refractivity contribution in [2.75, 3.05) is 32.7 Å². The Hall–Kier alpha value is -4.05. The molecule has 1 aromatic carbocycles. The molecule has 43 heavy (non-hydrogen) atoms. The minimum absolute atomic E-state index is 0.0747. The zero-order chi connectivity index (χ0) is 30.2. The number of aryl methyl sites for hydroxylation is 2. The van der Waals surface area contributed by atoms with Gasteiger partial charge in [0.25, 0.3) is 11.8 Å². The van der Waals surface area contributed by atoms with E-state index in [0.29, 0.717) is 42.9 Å². The van der Waals surface area contributed by atoms with Gasteiger partial charge >= 0.3 is 0 Å². The summed E-state index contributed by atoms with van der Waals surface area (Å²) in [5.74, 6) is -0.446. The molecular formula is C33H43N7O3. The molecule has 2 bridgehead atoms. The molecule has 228 valence electrons. The molecule has 2 aromatic heterocycles. The standard InChI is InChI=1S/C33H43N7O3/c1-3-17-38-24-29(25(2)36-38)33(43)40-23-28-21-30(40)31(41)35-16-9-10-18-37(22-27-14-7-8-15-34-27)19-11-20-39(28)32(42)26-12-5-4-6-13-26/h4-8,12-15,24,28,30H,3,9-11,16-23H2,1-2H3,(H,35,41)/t28-,30-/m0/s1. The van der Waals surface area contributed by atoms with Crippen LogP contribution in [0, 0.1) is 6.92 Å². The molecule has 0 radical (unpaired) electrons. The van der Waals surface area contributed by atoms with Gasteiger partial charge in [-0.2, -0.15) is 5.10 Å². The molecule has 2 fully saturated rings. The molecule has 4 heterocycles. The number of rotatable bonds is 6. The summed E-state index contributed by atoms with van der Waals surface area (Å²) in [7, 11) is 0. The number of pyridine rings is 1. The predicted octanol–water partition coefficient (Wildman–Crippen LogP) is 3.52. The van der Waals surface area contributed by atoms with Crippen molar-refractivity contribution >= 4 is 17.7 Å². The van der Waals surface area contributed by atoms with Crippen LogP contribution >= 0.6 is 0 Å². The molecule has 2 atom stereocenters. The van der Waals surface area contributed by atoms with Crippen molar-refractivity contribution in [1.29, 1.82) is 0 Å². The molecule has 1 N–H and O–H groups in total. The molecule has 0 aliphatic carbocycles. The Kier molecular flexibility index (Phi) is 10.2. The lowest BCUT2D eigenvalue weighted by Gasteiger charge is -2.30. The summed E-state index contributed by atoms with van der Waals surface area (Å²) in [5.41, 5.74) is 2.78. The lowest BCUT2D eigenvalue weighted by Crippen LogP contribution is -2.46. The van der Waals surface area contributed by atoms with E-state index in [9.17, 15) is 14.4 Å². The van der Waals surface area contributed by atoms with Crippen molar-refractivity contribution in [3.8, 4) is 0 Å². The second kappa shape index (κ2) is 14.4. The predicted molar refractivity (Wildman–Crippen MR) is 164 cm³/mol. The Balaban J connectivity index is 1.41. The summed E-state index contributed by atoms with van der Waals surface area (Å²) in [5, 5.41) is 7.62. The SMILES string of the molecule is CCCn1cc(C(=O)N2C[C@@H]3C[C@H]2C(=O)NCCCCN(Cc2ccccn2)CCCN3C(=O)c2ccccc2)c(C)n1. The summed E-state index contributed by atoms with van der Waals surface area (Å²) in [4.78, 5) is 51.9. The quantitative estimate of drug-likeness (QED) is 0.475. The van der Waals surface area contributed by atoms with E-state index >= 15 is 0 Å². The molecule has 0 unspecified atom stereocenters. The summed E-state index contributed by atoms with van der Waals surface area (Å²) in [6, 6.07) is 14.3. The molecule has 2 aliphatic heterocycles. The second-order valence-electron chi connectivity index (χ2n) is 11.6. The number of fused-ring (bicyclic) bond motifs is 2. The number of carbonyl (C=O) groups is 3. The molecule has 2 saturated heterocycles. The molecular weight excluding hydrogens is 542 g/mol. The minimum Gasteiger partial charge on any atom is -0.354 e. The van der Waals surface area contributed by atoms with E-state index in [-0.39, 0.29) is 23.8 Å². The summed E-state index contributed by atoms with van der Waals surface area (Å²) < 4.78 is 1.79. The highest BCUT2D eigenvalue weighted by atomic mass is 16.2. The molecule has 0 spiro atoms. The third-order valence-electron chi connectivity index (χ3n) is 8.38. The number of aromatic nitrogens is 3. The Morgan fingerprint density at radius 2 is 1.74 bits per heavy atom. The van der Waals surface area contributed by atoms with E-state index in [2.05, 4.69) is 27.2 Å². The highest BCUT2D eigenvalue weighted by Crippen LogP contribution is 2.27. The fourth-order valence-corrected chi connectivity index (χ4v) is 6.18. The maximum absolute atomic E-state index is 14.0. The van der Waals surface area contributed by atoms with Crippen LogP contribution < -0.4 is 5.32 Å². The van der Waals surface area contributed by atoms with Crippen molar-refractivity contribution in [3.05, 3.63) is 83.4 Å². The van der Waals surface area contributed by atoms with Crippen LogP contribution in [0.2, 0.25) is 0 Å². The normalized spacial score (nSPS) is 20.5. The third kappa shape index (κ3) is 7.48. The fraction of sp³-hybridized carbons (Fsp3) is 0.485. The third-order valence-corrected chi connectivity index (χ3v) is 8.38. The first-order valence-electron chi connectivity index (χ1n) is 15.6. The number of likely N-dealkylation sites (tertiary alicyclic amines) is 1.